The van der Waals surface area contributed by atoms with Gasteiger partial charge >= 0.3 is 0 Å². The molecule has 2 atom stereocenters. The molecule has 1 spiro atoms. The average molecular weight is 228 g/mol. The fourth-order valence-corrected chi connectivity index (χ4v) is 2.87. The van der Waals surface area contributed by atoms with Crippen LogP contribution in [0.4, 0.5) is 0 Å². The minimum atomic E-state index is -0.0493. The average Bonchev–Trinajstić information content (AvgIpc) is 2.16. The van der Waals surface area contributed by atoms with Crippen molar-refractivity contribution in [3.63, 3.8) is 0 Å². The third-order valence-electron chi connectivity index (χ3n) is 3.57. The van der Waals surface area contributed by atoms with E-state index in [9.17, 15) is 0 Å². The Balaban J connectivity index is 2.00. The van der Waals surface area contributed by atoms with Crippen LogP contribution in [0.15, 0.2) is 0 Å². The zero-order valence-corrected chi connectivity index (χ0v) is 10.8. The van der Waals surface area contributed by atoms with Crippen molar-refractivity contribution < 1.29 is 14.2 Å². The molecule has 2 rings (SSSR count). The van der Waals surface area contributed by atoms with Gasteiger partial charge in [-0.25, -0.2) is 0 Å². The van der Waals surface area contributed by atoms with Gasteiger partial charge in [0.1, 0.15) is 0 Å². The first kappa shape index (κ1) is 12.3. The topological polar surface area (TPSA) is 27.7 Å². The predicted molar refractivity (Wildman–Crippen MR) is 62.3 cm³/mol. The lowest BCUT2D eigenvalue weighted by Crippen LogP contribution is -2.52. The fraction of sp³-hybridized carbons (Fsp3) is 1.00. The highest BCUT2D eigenvalue weighted by molar-refractivity contribution is 4.93. The summed E-state index contributed by atoms with van der Waals surface area (Å²) >= 11 is 0. The van der Waals surface area contributed by atoms with E-state index in [0.29, 0.717) is 0 Å². The van der Waals surface area contributed by atoms with E-state index in [1.54, 1.807) is 0 Å². The first-order valence-corrected chi connectivity index (χ1v) is 6.49. The molecule has 0 aromatic rings. The van der Waals surface area contributed by atoms with Crippen molar-refractivity contribution in [1.82, 2.24) is 0 Å². The second-order valence-electron chi connectivity index (χ2n) is 5.67. The summed E-state index contributed by atoms with van der Waals surface area (Å²) in [5.74, 6) is 0. The largest absolute Gasteiger partial charge is 0.375 e. The SMILES string of the molecule is CCCC1OCCC2(CCOC(C)(C)C2)O1. The van der Waals surface area contributed by atoms with E-state index in [0.717, 1.165) is 45.3 Å². The van der Waals surface area contributed by atoms with Gasteiger partial charge in [0.05, 0.1) is 24.4 Å². The Morgan fingerprint density at radius 2 is 1.94 bits per heavy atom. The molecule has 0 N–H and O–H groups in total. The van der Waals surface area contributed by atoms with E-state index in [1.807, 2.05) is 0 Å². The lowest BCUT2D eigenvalue weighted by molar-refractivity contribution is -0.290. The van der Waals surface area contributed by atoms with E-state index in [-0.39, 0.29) is 17.5 Å². The van der Waals surface area contributed by atoms with Crippen molar-refractivity contribution in [1.29, 1.82) is 0 Å². The fourth-order valence-electron chi connectivity index (χ4n) is 2.87. The van der Waals surface area contributed by atoms with E-state index >= 15 is 0 Å². The van der Waals surface area contributed by atoms with E-state index in [2.05, 4.69) is 20.8 Å². The summed E-state index contributed by atoms with van der Waals surface area (Å²) in [6, 6.07) is 0. The molecule has 0 aromatic heterocycles. The molecular weight excluding hydrogens is 204 g/mol. The molecule has 2 unspecified atom stereocenters. The van der Waals surface area contributed by atoms with Crippen LogP contribution in [0.25, 0.3) is 0 Å². The predicted octanol–water partition coefficient (Wildman–Crippen LogP) is 2.88. The summed E-state index contributed by atoms with van der Waals surface area (Å²) in [7, 11) is 0. The molecule has 0 saturated carbocycles. The van der Waals surface area contributed by atoms with Crippen LogP contribution in [-0.2, 0) is 14.2 Å². The molecule has 3 heteroatoms. The van der Waals surface area contributed by atoms with Gasteiger partial charge in [0.25, 0.3) is 0 Å². The summed E-state index contributed by atoms with van der Waals surface area (Å²) < 4.78 is 17.6. The maximum atomic E-state index is 6.19. The first-order valence-electron chi connectivity index (χ1n) is 6.49. The normalized spacial score (nSPS) is 38.8. The maximum absolute atomic E-state index is 6.19. The van der Waals surface area contributed by atoms with Gasteiger partial charge < -0.3 is 14.2 Å². The second kappa shape index (κ2) is 4.63. The summed E-state index contributed by atoms with van der Waals surface area (Å²) in [5, 5.41) is 0. The van der Waals surface area contributed by atoms with Gasteiger partial charge in [-0.1, -0.05) is 13.3 Å². The Morgan fingerprint density at radius 1 is 1.19 bits per heavy atom. The van der Waals surface area contributed by atoms with Crippen LogP contribution in [0.1, 0.15) is 52.9 Å². The number of hydrogen-bond acceptors (Lipinski definition) is 3. The molecule has 16 heavy (non-hydrogen) atoms. The molecular formula is C13H24O3. The summed E-state index contributed by atoms with van der Waals surface area (Å²) in [6.07, 6.45) is 5.14. The molecule has 2 aliphatic heterocycles. The summed E-state index contributed by atoms with van der Waals surface area (Å²) in [5.41, 5.74) is -0.0355. The van der Waals surface area contributed by atoms with Crippen LogP contribution in [0.5, 0.6) is 0 Å². The minimum Gasteiger partial charge on any atom is -0.375 e. The molecule has 0 radical (unpaired) electrons. The third kappa shape index (κ3) is 2.76. The molecule has 2 saturated heterocycles. The van der Waals surface area contributed by atoms with Crippen molar-refractivity contribution in [3.8, 4) is 0 Å². The van der Waals surface area contributed by atoms with Gasteiger partial charge in [0.15, 0.2) is 6.29 Å². The van der Waals surface area contributed by atoms with Crippen LogP contribution in [-0.4, -0.2) is 30.7 Å². The molecule has 2 heterocycles. The monoisotopic (exact) mass is 228 g/mol. The third-order valence-corrected chi connectivity index (χ3v) is 3.57. The Hall–Kier alpha value is -0.120. The Morgan fingerprint density at radius 3 is 2.62 bits per heavy atom. The maximum Gasteiger partial charge on any atom is 0.158 e. The first-order chi connectivity index (χ1) is 7.55. The molecule has 0 bridgehead atoms. The van der Waals surface area contributed by atoms with Crippen LogP contribution in [0, 0.1) is 0 Å². The van der Waals surface area contributed by atoms with Crippen LogP contribution in [0.2, 0.25) is 0 Å². The zero-order valence-electron chi connectivity index (χ0n) is 10.8. The van der Waals surface area contributed by atoms with Gasteiger partial charge in [-0.2, -0.15) is 0 Å². The van der Waals surface area contributed by atoms with Crippen LogP contribution < -0.4 is 0 Å². The second-order valence-corrected chi connectivity index (χ2v) is 5.67. The molecule has 0 aliphatic carbocycles. The van der Waals surface area contributed by atoms with Crippen LogP contribution in [0.3, 0.4) is 0 Å². The summed E-state index contributed by atoms with van der Waals surface area (Å²) in [4.78, 5) is 0. The van der Waals surface area contributed by atoms with E-state index in [4.69, 9.17) is 14.2 Å². The molecule has 2 fully saturated rings. The molecule has 3 nitrogen and oxygen atoms in total. The van der Waals surface area contributed by atoms with Gasteiger partial charge in [0.2, 0.25) is 0 Å². The summed E-state index contributed by atoms with van der Waals surface area (Å²) in [6.45, 7) is 8.12. The highest BCUT2D eigenvalue weighted by atomic mass is 16.7. The Labute approximate surface area is 98.4 Å². The minimum absolute atomic E-state index is 0.00708. The number of rotatable bonds is 2. The Bertz CT molecular complexity index is 233. The molecule has 94 valence electrons. The van der Waals surface area contributed by atoms with Gasteiger partial charge in [-0.3, -0.25) is 0 Å². The van der Waals surface area contributed by atoms with Gasteiger partial charge in [0, 0.05) is 19.3 Å². The van der Waals surface area contributed by atoms with Crippen molar-refractivity contribution in [2.45, 2.75) is 70.4 Å². The van der Waals surface area contributed by atoms with E-state index < -0.39 is 0 Å². The smallest absolute Gasteiger partial charge is 0.158 e. The van der Waals surface area contributed by atoms with Gasteiger partial charge in [-0.05, 0) is 20.3 Å². The molecule has 0 aromatic carbocycles. The lowest BCUT2D eigenvalue weighted by Gasteiger charge is -2.48. The van der Waals surface area contributed by atoms with Crippen LogP contribution >= 0.6 is 0 Å². The standard InChI is InChI=1S/C13H24O3/c1-4-5-11-14-8-6-13(16-11)7-9-15-12(2,3)10-13/h11H,4-10H2,1-3H3. The van der Waals surface area contributed by atoms with Gasteiger partial charge in [-0.15, -0.1) is 0 Å². The number of ether oxygens (including phenoxy) is 3. The van der Waals surface area contributed by atoms with Crippen molar-refractivity contribution in [2.75, 3.05) is 13.2 Å². The molecule has 0 amide bonds. The van der Waals surface area contributed by atoms with Crippen molar-refractivity contribution in [2.24, 2.45) is 0 Å². The quantitative estimate of drug-likeness (QED) is 0.727. The highest BCUT2D eigenvalue weighted by Gasteiger charge is 2.45. The van der Waals surface area contributed by atoms with Crippen molar-refractivity contribution in [3.05, 3.63) is 0 Å². The van der Waals surface area contributed by atoms with E-state index in [1.165, 1.54) is 0 Å². The zero-order chi connectivity index (χ0) is 11.6. The molecule has 2 aliphatic rings. The lowest BCUT2D eigenvalue weighted by atomic mass is 9.81. The van der Waals surface area contributed by atoms with Crippen molar-refractivity contribution >= 4 is 0 Å². The highest BCUT2D eigenvalue weighted by Crippen LogP contribution is 2.40. The Kier molecular flexibility index (Phi) is 3.57. The number of hydrogen-bond donors (Lipinski definition) is 0.